The molecule has 0 aromatic heterocycles. The molecule has 0 aromatic rings. The Kier molecular flexibility index (Phi) is 1.61. The summed E-state index contributed by atoms with van der Waals surface area (Å²) < 4.78 is 0. The van der Waals surface area contributed by atoms with Crippen molar-refractivity contribution in [2.45, 2.75) is 44.9 Å². The number of fused-ring (bicyclic) bond motifs is 1. The second-order valence-electron chi connectivity index (χ2n) is 4.86. The van der Waals surface area contributed by atoms with E-state index in [-0.39, 0.29) is 0 Å². The molecule has 0 bridgehead atoms. The van der Waals surface area contributed by atoms with E-state index in [9.17, 15) is 4.79 Å². The van der Waals surface area contributed by atoms with Gasteiger partial charge >= 0.3 is 0 Å². The van der Waals surface area contributed by atoms with Crippen LogP contribution in [-0.2, 0) is 4.79 Å². The predicted octanol–water partition coefficient (Wildman–Crippen LogP) is 2.86. The number of carbonyl (C=O) groups is 1. The van der Waals surface area contributed by atoms with Crippen molar-refractivity contribution in [3.8, 4) is 0 Å². The zero-order chi connectivity index (χ0) is 8.84. The van der Waals surface area contributed by atoms with Gasteiger partial charge in [0.05, 0.1) is 0 Å². The topological polar surface area (TPSA) is 17.1 Å². The van der Waals surface area contributed by atoms with Gasteiger partial charge in [0.2, 0.25) is 0 Å². The Morgan fingerprint density at radius 2 is 1.62 bits per heavy atom. The first-order valence-electron chi connectivity index (χ1n) is 5.57. The van der Waals surface area contributed by atoms with Crippen molar-refractivity contribution in [1.29, 1.82) is 0 Å². The van der Waals surface area contributed by atoms with E-state index in [1.807, 2.05) is 0 Å². The summed E-state index contributed by atoms with van der Waals surface area (Å²) >= 11 is 0. The van der Waals surface area contributed by atoms with Crippen molar-refractivity contribution in [2.75, 3.05) is 0 Å². The summed E-state index contributed by atoms with van der Waals surface area (Å²) in [7, 11) is 0. The molecule has 70 valence electrons. The van der Waals surface area contributed by atoms with Crippen molar-refractivity contribution >= 4 is 5.78 Å². The van der Waals surface area contributed by atoms with E-state index in [4.69, 9.17) is 0 Å². The Balaban J connectivity index is 1.85. The number of Topliss-reactive ketones (excluding diaryl/α,β-unsaturated/α-hetero) is 1. The fraction of sp³-hybridized carbons (Fsp3) is 0.750. The standard InChI is InChI=1S/C12H16O/c13-12-7-10-5-8-3-1-2-4-9(8)6-11(10)12/h10-11H,1-7H2. The van der Waals surface area contributed by atoms with Gasteiger partial charge in [0.25, 0.3) is 0 Å². The third-order valence-electron chi connectivity index (χ3n) is 4.13. The maximum atomic E-state index is 11.3. The van der Waals surface area contributed by atoms with Gasteiger partial charge in [0.1, 0.15) is 5.78 Å². The van der Waals surface area contributed by atoms with Crippen LogP contribution in [0, 0.1) is 11.8 Å². The van der Waals surface area contributed by atoms with Crippen LogP contribution in [0.25, 0.3) is 0 Å². The van der Waals surface area contributed by atoms with E-state index in [0.717, 1.165) is 18.8 Å². The maximum absolute atomic E-state index is 11.3. The van der Waals surface area contributed by atoms with Crippen molar-refractivity contribution in [3.63, 3.8) is 0 Å². The van der Waals surface area contributed by atoms with Crippen molar-refractivity contribution < 1.29 is 4.79 Å². The molecule has 2 unspecified atom stereocenters. The fourth-order valence-corrected chi connectivity index (χ4v) is 3.25. The van der Waals surface area contributed by atoms with Gasteiger partial charge < -0.3 is 0 Å². The average molecular weight is 176 g/mol. The smallest absolute Gasteiger partial charge is 0.136 e. The molecule has 2 atom stereocenters. The van der Waals surface area contributed by atoms with Crippen LogP contribution in [0.1, 0.15) is 44.9 Å². The van der Waals surface area contributed by atoms with E-state index < -0.39 is 0 Å². The minimum absolute atomic E-state index is 0.455. The zero-order valence-electron chi connectivity index (χ0n) is 8.01. The lowest BCUT2D eigenvalue weighted by Gasteiger charge is -2.42. The van der Waals surface area contributed by atoms with Crippen LogP contribution in [0.2, 0.25) is 0 Å². The summed E-state index contributed by atoms with van der Waals surface area (Å²) in [6.07, 6.45) is 8.69. The van der Waals surface area contributed by atoms with Crippen LogP contribution in [0.5, 0.6) is 0 Å². The molecular weight excluding hydrogens is 160 g/mol. The van der Waals surface area contributed by atoms with Crippen LogP contribution < -0.4 is 0 Å². The first-order chi connectivity index (χ1) is 6.34. The molecule has 3 rings (SSSR count). The summed E-state index contributed by atoms with van der Waals surface area (Å²) in [6, 6.07) is 0. The molecule has 1 fully saturated rings. The van der Waals surface area contributed by atoms with Crippen molar-refractivity contribution in [1.82, 2.24) is 0 Å². The number of rotatable bonds is 0. The van der Waals surface area contributed by atoms with Gasteiger partial charge in [-0.25, -0.2) is 0 Å². The third-order valence-corrected chi connectivity index (χ3v) is 4.13. The van der Waals surface area contributed by atoms with Gasteiger partial charge in [-0.3, -0.25) is 4.79 Å². The Labute approximate surface area is 79.2 Å². The number of allylic oxidation sites excluding steroid dienone is 2. The lowest BCUT2D eigenvalue weighted by molar-refractivity contribution is -0.134. The summed E-state index contributed by atoms with van der Waals surface area (Å²) in [5.41, 5.74) is 3.40. The molecule has 1 heteroatoms. The Morgan fingerprint density at radius 3 is 2.31 bits per heavy atom. The van der Waals surface area contributed by atoms with Crippen LogP contribution in [0.15, 0.2) is 11.1 Å². The highest BCUT2D eigenvalue weighted by molar-refractivity contribution is 5.88. The SMILES string of the molecule is O=C1CC2CC3=C(CCCC3)CC12. The van der Waals surface area contributed by atoms with Gasteiger partial charge in [0, 0.05) is 12.3 Å². The van der Waals surface area contributed by atoms with Crippen LogP contribution in [0.3, 0.4) is 0 Å². The Morgan fingerprint density at radius 1 is 0.923 bits per heavy atom. The fourth-order valence-electron chi connectivity index (χ4n) is 3.25. The molecule has 0 aliphatic heterocycles. The number of hydrogen-bond donors (Lipinski definition) is 0. The van der Waals surface area contributed by atoms with Crippen LogP contribution in [0.4, 0.5) is 0 Å². The molecule has 0 spiro atoms. The van der Waals surface area contributed by atoms with Crippen molar-refractivity contribution in [3.05, 3.63) is 11.1 Å². The normalized spacial score (nSPS) is 38.0. The molecule has 1 saturated carbocycles. The Hall–Kier alpha value is -0.590. The van der Waals surface area contributed by atoms with E-state index in [0.29, 0.717) is 11.7 Å². The zero-order valence-corrected chi connectivity index (χ0v) is 8.01. The van der Waals surface area contributed by atoms with Gasteiger partial charge in [0.15, 0.2) is 0 Å². The molecule has 3 aliphatic rings. The monoisotopic (exact) mass is 176 g/mol. The molecule has 0 N–H and O–H groups in total. The molecule has 1 nitrogen and oxygen atoms in total. The molecule has 0 saturated heterocycles. The van der Waals surface area contributed by atoms with E-state index in [1.165, 1.54) is 32.1 Å². The lowest BCUT2D eigenvalue weighted by atomic mass is 9.61. The highest BCUT2D eigenvalue weighted by Gasteiger charge is 2.43. The molecule has 3 aliphatic carbocycles. The predicted molar refractivity (Wildman–Crippen MR) is 51.3 cm³/mol. The summed E-state index contributed by atoms with van der Waals surface area (Å²) in [4.78, 5) is 11.3. The van der Waals surface area contributed by atoms with E-state index in [1.54, 1.807) is 11.1 Å². The van der Waals surface area contributed by atoms with E-state index in [2.05, 4.69) is 0 Å². The second-order valence-corrected chi connectivity index (χ2v) is 4.86. The average Bonchev–Trinajstić information content (AvgIpc) is 2.16. The van der Waals surface area contributed by atoms with Gasteiger partial charge in [-0.1, -0.05) is 11.1 Å². The highest BCUT2D eigenvalue weighted by atomic mass is 16.1. The molecule has 0 aromatic carbocycles. The lowest BCUT2D eigenvalue weighted by Crippen LogP contribution is -2.40. The minimum atomic E-state index is 0.455. The summed E-state index contributed by atoms with van der Waals surface area (Å²) in [6.45, 7) is 0. The third kappa shape index (κ3) is 1.09. The van der Waals surface area contributed by atoms with Crippen LogP contribution in [-0.4, -0.2) is 5.78 Å². The second kappa shape index (κ2) is 2.70. The molecule has 0 heterocycles. The van der Waals surface area contributed by atoms with Gasteiger partial charge in [-0.2, -0.15) is 0 Å². The number of ketones is 1. The van der Waals surface area contributed by atoms with Gasteiger partial charge in [-0.15, -0.1) is 0 Å². The van der Waals surface area contributed by atoms with Crippen molar-refractivity contribution in [2.24, 2.45) is 11.8 Å². The molecule has 0 amide bonds. The Bertz CT molecular complexity index is 287. The van der Waals surface area contributed by atoms with Gasteiger partial charge in [-0.05, 0) is 44.4 Å². The first kappa shape index (κ1) is 7.78. The molecule has 13 heavy (non-hydrogen) atoms. The van der Waals surface area contributed by atoms with E-state index >= 15 is 0 Å². The van der Waals surface area contributed by atoms with Crippen LogP contribution >= 0.6 is 0 Å². The highest BCUT2D eigenvalue weighted by Crippen LogP contribution is 2.48. The largest absolute Gasteiger partial charge is 0.299 e. The number of carbonyl (C=O) groups excluding carboxylic acids is 1. The quantitative estimate of drug-likeness (QED) is 0.519. The molecular formula is C12H16O. The minimum Gasteiger partial charge on any atom is -0.299 e. The first-order valence-corrected chi connectivity index (χ1v) is 5.57. The summed E-state index contributed by atoms with van der Waals surface area (Å²) in [5, 5.41) is 0. The summed E-state index contributed by atoms with van der Waals surface area (Å²) in [5.74, 6) is 1.75. The number of hydrogen-bond acceptors (Lipinski definition) is 1. The maximum Gasteiger partial charge on any atom is 0.136 e. The molecule has 0 radical (unpaired) electrons.